The molecule has 3 heterocycles. The van der Waals surface area contributed by atoms with Crippen molar-refractivity contribution in [3.8, 4) is 0 Å². The molecule has 1 aromatic carbocycles. The number of benzene rings is 1. The largest absolute Gasteiger partial charge is 0.376 e. The average molecular weight is 402 g/mol. The third-order valence-corrected chi connectivity index (χ3v) is 6.81. The Labute approximate surface area is 174 Å². The molecule has 0 saturated carbocycles. The van der Waals surface area contributed by atoms with Crippen LogP contribution in [0.1, 0.15) is 35.7 Å². The highest BCUT2D eigenvalue weighted by molar-refractivity contribution is 5.95. The molecular formula is C23H35N3O3. The van der Waals surface area contributed by atoms with Crippen LogP contribution < -0.4 is 0 Å². The summed E-state index contributed by atoms with van der Waals surface area (Å²) in [4.78, 5) is 20.3. The van der Waals surface area contributed by atoms with Crippen LogP contribution in [0.2, 0.25) is 0 Å². The van der Waals surface area contributed by atoms with Crippen molar-refractivity contribution >= 4 is 5.91 Å². The molecule has 0 aromatic heterocycles. The van der Waals surface area contributed by atoms with Gasteiger partial charge in [0.1, 0.15) is 5.60 Å². The molecule has 6 nitrogen and oxygen atoms in total. The molecule has 3 aliphatic rings. The summed E-state index contributed by atoms with van der Waals surface area (Å²) in [6, 6.07) is 8.45. The first-order valence-electron chi connectivity index (χ1n) is 11.1. The van der Waals surface area contributed by atoms with Crippen molar-refractivity contribution < 1.29 is 14.3 Å². The predicted octanol–water partition coefficient (Wildman–Crippen LogP) is 2.02. The Morgan fingerprint density at radius 2 is 1.90 bits per heavy atom. The van der Waals surface area contributed by atoms with Crippen molar-refractivity contribution in [2.24, 2.45) is 0 Å². The quantitative estimate of drug-likeness (QED) is 0.776. The number of carbonyl (C=O) groups excluding carboxylic acids is 1. The van der Waals surface area contributed by atoms with Gasteiger partial charge in [-0.1, -0.05) is 25.1 Å². The number of carbonyl (C=O) groups is 1. The van der Waals surface area contributed by atoms with Gasteiger partial charge >= 0.3 is 0 Å². The normalized spacial score (nSPS) is 27.9. The lowest BCUT2D eigenvalue weighted by Crippen LogP contribution is -2.62. The van der Waals surface area contributed by atoms with Gasteiger partial charge in [-0.15, -0.1) is 0 Å². The standard InChI is InChI=1S/C23H35N3O3/c1-3-24-10-8-20(9-11-24)25-13-15-29-23(16-25)17-26(12-14-28-18-23)22(27)21-7-5-4-6-19(21)2/h4-7,20H,3,8-18H2,1-2H3. The van der Waals surface area contributed by atoms with Gasteiger partial charge in [-0.25, -0.2) is 0 Å². The number of amides is 1. The van der Waals surface area contributed by atoms with Crippen molar-refractivity contribution in [3.05, 3.63) is 35.4 Å². The van der Waals surface area contributed by atoms with Crippen molar-refractivity contribution in [2.75, 3.05) is 65.6 Å². The maximum atomic E-state index is 13.2. The van der Waals surface area contributed by atoms with Crippen molar-refractivity contribution in [3.63, 3.8) is 0 Å². The second-order valence-corrected chi connectivity index (χ2v) is 8.76. The maximum Gasteiger partial charge on any atom is 0.254 e. The van der Waals surface area contributed by atoms with Crippen LogP contribution in [0.25, 0.3) is 0 Å². The summed E-state index contributed by atoms with van der Waals surface area (Å²) < 4.78 is 12.3. The number of likely N-dealkylation sites (tertiary alicyclic amines) is 1. The van der Waals surface area contributed by atoms with Crippen LogP contribution in [0.5, 0.6) is 0 Å². The van der Waals surface area contributed by atoms with E-state index in [1.807, 2.05) is 36.1 Å². The first-order valence-corrected chi connectivity index (χ1v) is 11.1. The lowest BCUT2D eigenvalue weighted by Gasteiger charge is -2.47. The number of hydrogen-bond donors (Lipinski definition) is 0. The third-order valence-electron chi connectivity index (χ3n) is 6.81. The van der Waals surface area contributed by atoms with Gasteiger partial charge in [0.25, 0.3) is 5.91 Å². The van der Waals surface area contributed by atoms with Gasteiger partial charge in [0.05, 0.1) is 26.4 Å². The summed E-state index contributed by atoms with van der Waals surface area (Å²) >= 11 is 0. The number of aryl methyl sites for hydroxylation is 1. The molecule has 29 heavy (non-hydrogen) atoms. The zero-order valence-electron chi connectivity index (χ0n) is 17.9. The molecule has 0 bridgehead atoms. The van der Waals surface area contributed by atoms with Gasteiger partial charge < -0.3 is 19.3 Å². The minimum atomic E-state index is -0.422. The van der Waals surface area contributed by atoms with E-state index in [0.29, 0.717) is 39.0 Å². The molecule has 0 N–H and O–H groups in total. The number of hydrogen-bond acceptors (Lipinski definition) is 5. The topological polar surface area (TPSA) is 45.2 Å². The van der Waals surface area contributed by atoms with E-state index >= 15 is 0 Å². The molecule has 1 atom stereocenters. The van der Waals surface area contributed by atoms with E-state index in [1.54, 1.807) is 0 Å². The molecule has 160 valence electrons. The zero-order valence-corrected chi connectivity index (χ0v) is 17.9. The second-order valence-electron chi connectivity index (χ2n) is 8.76. The molecule has 0 radical (unpaired) electrons. The number of nitrogens with zero attached hydrogens (tertiary/aromatic N) is 3. The van der Waals surface area contributed by atoms with E-state index in [1.165, 1.54) is 25.9 Å². The molecule has 1 aromatic rings. The van der Waals surface area contributed by atoms with E-state index < -0.39 is 5.60 Å². The first-order chi connectivity index (χ1) is 14.1. The van der Waals surface area contributed by atoms with Crippen LogP contribution in [0, 0.1) is 6.92 Å². The fraction of sp³-hybridized carbons (Fsp3) is 0.696. The third kappa shape index (κ3) is 4.66. The summed E-state index contributed by atoms with van der Waals surface area (Å²) in [5, 5.41) is 0. The smallest absolute Gasteiger partial charge is 0.254 e. The van der Waals surface area contributed by atoms with Gasteiger partial charge in [0.2, 0.25) is 0 Å². The Bertz CT molecular complexity index is 704. The number of rotatable bonds is 3. The Morgan fingerprint density at radius 1 is 1.10 bits per heavy atom. The fourth-order valence-electron chi connectivity index (χ4n) is 5.03. The van der Waals surface area contributed by atoms with Gasteiger partial charge in [-0.3, -0.25) is 9.69 Å². The molecular weight excluding hydrogens is 366 g/mol. The maximum absolute atomic E-state index is 13.2. The van der Waals surface area contributed by atoms with Gasteiger partial charge in [-0.2, -0.15) is 0 Å². The SMILES string of the molecule is CCN1CCC(N2CCOC3(COCCN(C(=O)c4ccccc4C)C3)C2)CC1. The highest BCUT2D eigenvalue weighted by Crippen LogP contribution is 2.27. The van der Waals surface area contributed by atoms with Gasteiger partial charge in [-0.05, 0) is 51.0 Å². The highest BCUT2D eigenvalue weighted by atomic mass is 16.5. The number of piperidine rings is 1. The van der Waals surface area contributed by atoms with Crippen LogP contribution in [-0.2, 0) is 9.47 Å². The fourth-order valence-corrected chi connectivity index (χ4v) is 5.03. The van der Waals surface area contributed by atoms with Gasteiger partial charge in [0.15, 0.2) is 0 Å². The predicted molar refractivity (Wildman–Crippen MR) is 113 cm³/mol. The Kier molecular flexibility index (Phi) is 6.54. The summed E-state index contributed by atoms with van der Waals surface area (Å²) in [5.41, 5.74) is 1.38. The monoisotopic (exact) mass is 401 g/mol. The summed E-state index contributed by atoms with van der Waals surface area (Å²) in [6.45, 7) is 12.6. The van der Waals surface area contributed by atoms with Crippen LogP contribution >= 0.6 is 0 Å². The van der Waals surface area contributed by atoms with Crippen molar-refractivity contribution in [1.29, 1.82) is 0 Å². The van der Waals surface area contributed by atoms with Gasteiger partial charge in [0, 0.05) is 31.2 Å². The zero-order chi connectivity index (χ0) is 20.3. The van der Waals surface area contributed by atoms with Crippen LogP contribution in [0.3, 0.4) is 0 Å². The van der Waals surface area contributed by atoms with E-state index in [0.717, 1.165) is 30.8 Å². The molecule has 0 aliphatic carbocycles. The Morgan fingerprint density at radius 3 is 2.66 bits per heavy atom. The molecule has 6 heteroatoms. The molecule has 1 unspecified atom stereocenters. The van der Waals surface area contributed by atoms with Crippen LogP contribution in [-0.4, -0.2) is 97.9 Å². The van der Waals surface area contributed by atoms with Crippen LogP contribution in [0.15, 0.2) is 24.3 Å². The van der Waals surface area contributed by atoms with Crippen molar-refractivity contribution in [1.82, 2.24) is 14.7 Å². The minimum Gasteiger partial charge on any atom is -0.376 e. The Hall–Kier alpha value is -1.47. The number of morpholine rings is 1. The summed E-state index contributed by atoms with van der Waals surface area (Å²) in [5.74, 6) is 0.0879. The summed E-state index contributed by atoms with van der Waals surface area (Å²) in [6.07, 6.45) is 2.44. The van der Waals surface area contributed by atoms with Crippen LogP contribution in [0.4, 0.5) is 0 Å². The lowest BCUT2D eigenvalue weighted by molar-refractivity contribution is -0.149. The first kappa shape index (κ1) is 20.8. The molecule has 3 aliphatic heterocycles. The van der Waals surface area contributed by atoms with E-state index in [-0.39, 0.29) is 5.91 Å². The van der Waals surface area contributed by atoms with Crippen molar-refractivity contribution in [2.45, 2.75) is 38.3 Å². The number of ether oxygens (including phenoxy) is 2. The molecule has 3 saturated heterocycles. The minimum absolute atomic E-state index is 0.0879. The lowest BCUT2D eigenvalue weighted by atomic mass is 9.96. The second kappa shape index (κ2) is 9.13. The Balaban J connectivity index is 1.46. The van der Waals surface area contributed by atoms with E-state index in [2.05, 4.69) is 16.7 Å². The van der Waals surface area contributed by atoms with E-state index in [9.17, 15) is 4.79 Å². The summed E-state index contributed by atoms with van der Waals surface area (Å²) in [7, 11) is 0. The highest BCUT2D eigenvalue weighted by Gasteiger charge is 2.43. The molecule has 1 amide bonds. The van der Waals surface area contributed by atoms with E-state index in [4.69, 9.17) is 9.47 Å². The molecule has 4 rings (SSSR count). The molecule has 1 spiro atoms. The molecule has 3 fully saturated rings. The average Bonchev–Trinajstić information content (AvgIpc) is 2.96.